The topological polar surface area (TPSA) is 74.6 Å². The van der Waals surface area contributed by atoms with E-state index < -0.39 is 20.2 Å². The van der Waals surface area contributed by atoms with Gasteiger partial charge >= 0.3 is 0 Å². The van der Waals surface area contributed by atoms with Gasteiger partial charge in [0.15, 0.2) is 0 Å². The first-order valence-corrected chi connectivity index (χ1v) is 3.60. The normalized spacial score (nSPS) is 16.9. The fourth-order valence-corrected chi connectivity index (χ4v) is 0. The van der Waals surface area contributed by atoms with E-state index in [0.717, 1.165) is 0 Å². The lowest BCUT2D eigenvalue weighted by Crippen LogP contribution is -1.93. The molecule has 0 saturated carbocycles. The molecule has 0 fully saturated rings. The Labute approximate surface area is 50.7 Å². The second-order valence-electron chi connectivity index (χ2n) is 0.434. The van der Waals surface area contributed by atoms with Gasteiger partial charge in [0.2, 0.25) is 0 Å². The summed E-state index contributed by atoms with van der Waals surface area (Å²) in [5.74, 6) is 0. The molecule has 2 unspecified atom stereocenters. The van der Waals surface area contributed by atoms with Gasteiger partial charge < -0.3 is 0 Å². The molecule has 2 N–H and O–H groups in total. The summed E-state index contributed by atoms with van der Waals surface area (Å²) in [6.07, 6.45) is 0. The van der Waals surface area contributed by atoms with Crippen molar-refractivity contribution in [2.24, 2.45) is 0 Å². The quantitative estimate of drug-likeness (QED) is 0.417. The van der Waals surface area contributed by atoms with E-state index in [1.165, 1.54) is 0 Å². The van der Waals surface area contributed by atoms with Crippen LogP contribution in [0.1, 0.15) is 0 Å². The van der Waals surface area contributed by atoms with Crippen LogP contribution >= 0.6 is 12.4 Å². The lowest BCUT2D eigenvalue weighted by molar-refractivity contribution is 0.548. The van der Waals surface area contributed by atoms with Gasteiger partial charge in [-0.05, 0) is 0 Å². The van der Waals surface area contributed by atoms with Crippen LogP contribution in [0.25, 0.3) is 0 Å². The summed E-state index contributed by atoms with van der Waals surface area (Å²) in [4.78, 5) is 0. The van der Waals surface area contributed by atoms with Crippen LogP contribution in [-0.2, 0) is 20.2 Å². The van der Waals surface area contributed by atoms with E-state index in [0.29, 0.717) is 0 Å². The third-order valence-electron chi connectivity index (χ3n) is 0.122. The predicted octanol–water partition coefficient (Wildman–Crippen LogP) is -0.233. The van der Waals surface area contributed by atoms with Crippen LogP contribution in [0.4, 0.5) is 0 Å². The van der Waals surface area contributed by atoms with E-state index in [9.17, 15) is 8.42 Å². The Morgan fingerprint density at radius 2 is 1.14 bits per heavy atom. The van der Waals surface area contributed by atoms with E-state index in [2.05, 4.69) is 0 Å². The van der Waals surface area contributed by atoms with E-state index in [4.69, 9.17) is 9.11 Å². The number of halogens is 1. The molecule has 0 saturated heterocycles. The Hall–Kier alpha value is 0.510. The van der Waals surface area contributed by atoms with Crippen molar-refractivity contribution in [2.75, 3.05) is 0 Å². The van der Waals surface area contributed by atoms with Crippen molar-refractivity contribution >= 4 is 32.6 Å². The van der Waals surface area contributed by atoms with E-state index in [1.807, 2.05) is 0 Å². The summed E-state index contributed by atoms with van der Waals surface area (Å²) in [5.41, 5.74) is 0. The summed E-state index contributed by atoms with van der Waals surface area (Å²) in [5, 5.41) is 0. The summed E-state index contributed by atoms with van der Waals surface area (Å²) in [7, 11) is -5.18. The molecule has 0 aromatic carbocycles. The Kier molecular flexibility index (Phi) is 6.98. The molecule has 0 aliphatic heterocycles. The van der Waals surface area contributed by atoms with Crippen molar-refractivity contribution in [1.29, 1.82) is 0 Å². The van der Waals surface area contributed by atoms with Crippen LogP contribution < -0.4 is 0 Å². The maximum absolute atomic E-state index is 9.26. The molecule has 7 heteroatoms. The van der Waals surface area contributed by atoms with Gasteiger partial charge in [-0.3, -0.25) is 9.11 Å². The predicted molar refractivity (Wildman–Crippen MR) is 28.8 cm³/mol. The van der Waals surface area contributed by atoms with Gasteiger partial charge in [-0.1, -0.05) is 0 Å². The summed E-state index contributed by atoms with van der Waals surface area (Å²) in [6, 6.07) is 0. The highest BCUT2D eigenvalue weighted by Gasteiger charge is 1.95. The maximum Gasteiger partial charge on any atom is 0.274 e. The molecule has 0 amide bonds. The molecule has 0 radical (unpaired) electrons. The van der Waals surface area contributed by atoms with Gasteiger partial charge in [0.05, 0.1) is 0 Å². The average Bonchev–Trinajstić information content (AvgIpc) is 1.36. The smallest absolute Gasteiger partial charge is 0.274 e. The van der Waals surface area contributed by atoms with Crippen molar-refractivity contribution in [2.45, 2.75) is 0 Å². The van der Waals surface area contributed by atoms with Crippen LogP contribution in [0.3, 0.4) is 0 Å². The number of hydrogen-bond donors (Lipinski definition) is 2. The third kappa shape index (κ3) is 6.51. The highest BCUT2D eigenvalue weighted by atomic mass is 35.5. The molecule has 2 atom stereocenters. The summed E-state index contributed by atoms with van der Waals surface area (Å²) < 4.78 is 33.6. The lowest BCUT2D eigenvalue weighted by atomic mass is 15.9. The SMILES string of the molecule is Cl.O=S(O)S(=O)O. The third-order valence-corrected chi connectivity index (χ3v) is 1.10. The number of rotatable bonds is 1. The van der Waals surface area contributed by atoms with Crippen LogP contribution in [0, 0.1) is 0 Å². The van der Waals surface area contributed by atoms with Crippen LogP contribution in [0.15, 0.2) is 0 Å². The Bertz CT molecular complexity index is 75.7. The molecule has 0 spiro atoms. The van der Waals surface area contributed by atoms with Gasteiger partial charge in [-0.15, -0.1) is 12.4 Å². The summed E-state index contributed by atoms with van der Waals surface area (Å²) in [6.45, 7) is 0. The van der Waals surface area contributed by atoms with Crippen molar-refractivity contribution in [3.8, 4) is 0 Å². The lowest BCUT2D eigenvalue weighted by Gasteiger charge is -1.74. The Morgan fingerprint density at radius 3 is 1.14 bits per heavy atom. The van der Waals surface area contributed by atoms with Crippen LogP contribution in [0.5, 0.6) is 0 Å². The standard InChI is InChI=1S/ClH.H2O4S2/c;1-5(2)6(3)4/h1H;(H,1,2)(H,3,4). The van der Waals surface area contributed by atoms with Gasteiger partial charge in [0, 0.05) is 0 Å². The minimum Gasteiger partial charge on any atom is -0.294 e. The molecule has 0 bridgehead atoms. The first-order chi connectivity index (χ1) is 2.64. The van der Waals surface area contributed by atoms with Crippen molar-refractivity contribution in [3.05, 3.63) is 0 Å². The average molecular weight is 167 g/mol. The molecule has 46 valence electrons. The fraction of sp³-hybridized carbons (Fsp3) is 0. The minimum atomic E-state index is -2.59. The first kappa shape index (κ1) is 10.5. The van der Waals surface area contributed by atoms with Crippen molar-refractivity contribution < 1.29 is 17.5 Å². The van der Waals surface area contributed by atoms with Crippen LogP contribution in [0.2, 0.25) is 0 Å². The van der Waals surface area contributed by atoms with Crippen molar-refractivity contribution in [1.82, 2.24) is 0 Å². The molecule has 0 aromatic rings. The summed E-state index contributed by atoms with van der Waals surface area (Å²) >= 11 is 0. The molecule has 0 heterocycles. The molecule has 0 aliphatic rings. The van der Waals surface area contributed by atoms with Crippen LogP contribution in [-0.4, -0.2) is 17.5 Å². The van der Waals surface area contributed by atoms with Gasteiger partial charge in [0.1, 0.15) is 0 Å². The monoisotopic (exact) mass is 166 g/mol. The zero-order valence-corrected chi connectivity index (χ0v) is 5.39. The van der Waals surface area contributed by atoms with Gasteiger partial charge in [-0.25, -0.2) is 8.42 Å². The molecule has 0 aromatic heterocycles. The highest BCUT2D eigenvalue weighted by Crippen LogP contribution is 1.74. The molecule has 0 aliphatic carbocycles. The highest BCUT2D eigenvalue weighted by molar-refractivity contribution is 8.56. The minimum absolute atomic E-state index is 0. The largest absolute Gasteiger partial charge is 0.294 e. The molecular formula is H3ClO4S2. The zero-order chi connectivity index (χ0) is 5.15. The number of hydrogen-bond acceptors (Lipinski definition) is 2. The second-order valence-corrected chi connectivity index (χ2v) is 3.01. The van der Waals surface area contributed by atoms with Gasteiger partial charge in [0.25, 0.3) is 20.2 Å². The first-order valence-electron chi connectivity index (χ1n) is 0.865. The Morgan fingerprint density at radius 1 is 1.00 bits per heavy atom. The maximum atomic E-state index is 9.26. The fourth-order valence-electron chi connectivity index (χ4n) is 0. The zero-order valence-electron chi connectivity index (χ0n) is 2.94. The van der Waals surface area contributed by atoms with Crippen molar-refractivity contribution in [3.63, 3.8) is 0 Å². The molecule has 7 heavy (non-hydrogen) atoms. The van der Waals surface area contributed by atoms with E-state index in [1.54, 1.807) is 0 Å². The Balaban J connectivity index is 0. The van der Waals surface area contributed by atoms with E-state index in [-0.39, 0.29) is 12.4 Å². The van der Waals surface area contributed by atoms with Gasteiger partial charge in [-0.2, -0.15) is 0 Å². The molecule has 4 nitrogen and oxygen atoms in total. The second kappa shape index (κ2) is 4.66. The molecule has 0 rings (SSSR count). The molecular weight excluding hydrogens is 164 g/mol. The van der Waals surface area contributed by atoms with E-state index >= 15 is 0 Å².